The first-order valence-electron chi connectivity index (χ1n) is 6.20. The molecule has 0 fully saturated rings. The third kappa shape index (κ3) is 2.95. The number of pyridine rings is 2. The van der Waals surface area contributed by atoms with Crippen molar-refractivity contribution >= 4 is 23.0 Å². The molecule has 0 unspecified atom stereocenters. The van der Waals surface area contributed by atoms with Crippen LogP contribution in [0.2, 0.25) is 5.02 Å². The fourth-order valence-electron chi connectivity index (χ4n) is 1.92. The molecule has 0 spiro atoms. The number of rotatable bonds is 3. The van der Waals surface area contributed by atoms with Crippen LogP contribution < -0.4 is 5.32 Å². The fourth-order valence-corrected chi connectivity index (χ4v) is 2.11. The summed E-state index contributed by atoms with van der Waals surface area (Å²) in [5.41, 5.74) is 3.84. The Morgan fingerprint density at radius 1 is 0.850 bits per heavy atom. The summed E-state index contributed by atoms with van der Waals surface area (Å²) in [4.78, 5) is 8.38. The lowest BCUT2D eigenvalue weighted by Gasteiger charge is -2.08. The standard InChI is InChI=1S/C16H12ClN3/c17-13-3-1-2-12(10-13)16-11-15(6-9-19-16)20-14-4-7-18-8-5-14/h1-11H,(H,18,19,20). The fraction of sp³-hybridized carbons (Fsp3) is 0. The molecule has 20 heavy (non-hydrogen) atoms. The van der Waals surface area contributed by atoms with Gasteiger partial charge in [-0.15, -0.1) is 0 Å². The second kappa shape index (κ2) is 5.72. The van der Waals surface area contributed by atoms with Gasteiger partial charge in [-0.3, -0.25) is 9.97 Å². The first-order chi connectivity index (χ1) is 9.81. The van der Waals surface area contributed by atoms with Crippen LogP contribution in [0.1, 0.15) is 0 Å². The Morgan fingerprint density at radius 3 is 2.45 bits per heavy atom. The van der Waals surface area contributed by atoms with Crippen molar-refractivity contribution in [1.29, 1.82) is 0 Å². The average Bonchev–Trinajstić information content (AvgIpc) is 2.49. The highest BCUT2D eigenvalue weighted by atomic mass is 35.5. The molecule has 0 aliphatic rings. The first kappa shape index (κ1) is 12.6. The van der Waals surface area contributed by atoms with Crippen molar-refractivity contribution in [3.05, 3.63) is 72.1 Å². The van der Waals surface area contributed by atoms with Gasteiger partial charge in [0.1, 0.15) is 0 Å². The number of nitrogens with zero attached hydrogens (tertiary/aromatic N) is 2. The van der Waals surface area contributed by atoms with Gasteiger partial charge in [-0.2, -0.15) is 0 Å². The monoisotopic (exact) mass is 281 g/mol. The number of hydrogen-bond acceptors (Lipinski definition) is 3. The van der Waals surface area contributed by atoms with Crippen LogP contribution in [0.3, 0.4) is 0 Å². The molecule has 1 N–H and O–H groups in total. The Hall–Kier alpha value is -2.39. The SMILES string of the molecule is Clc1cccc(-c2cc(Nc3ccncc3)ccn2)c1. The normalized spacial score (nSPS) is 10.2. The molecular formula is C16H12ClN3. The Morgan fingerprint density at radius 2 is 1.65 bits per heavy atom. The zero-order valence-electron chi connectivity index (χ0n) is 10.6. The van der Waals surface area contributed by atoms with E-state index in [0.29, 0.717) is 5.02 Å². The highest BCUT2D eigenvalue weighted by Gasteiger charge is 2.02. The van der Waals surface area contributed by atoms with Gasteiger partial charge in [0.15, 0.2) is 0 Å². The molecule has 0 radical (unpaired) electrons. The van der Waals surface area contributed by atoms with E-state index in [0.717, 1.165) is 22.6 Å². The maximum Gasteiger partial charge on any atom is 0.0723 e. The van der Waals surface area contributed by atoms with Crippen LogP contribution in [0.4, 0.5) is 11.4 Å². The van der Waals surface area contributed by atoms with Crippen LogP contribution in [0.5, 0.6) is 0 Å². The van der Waals surface area contributed by atoms with Crippen LogP contribution in [0.15, 0.2) is 67.1 Å². The zero-order valence-corrected chi connectivity index (χ0v) is 11.4. The predicted molar refractivity (Wildman–Crippen MR) is 82.2 cm³/mol. The van der Waals surface area contributed by atoms with Gasteiger partial charge in [0, 0.05) is 40.6 Å². The van der Waals surface area contributed by atoms with Crippen molar-refractivity contribution in [3.8, 4) is 11.3 Å². The molecule has 0 saturated carbocycles. The van der Waals surface area contributed by atoms with Crippen molar-refractivity contribution in [2.24, 2.45) is 0 Å². The molecule has 1 aromatic carbocycles. The van der Waals surface area contributed by atoms with Gasteiger partial charge in [-0.05, 0) is 36.4 Å². The van der Waals surface area contributed by atoms with E-state index in [1.54, 1.807) is 18.6 Å². The van der Waals surface area contributed by atoms with E-state index in [1.165, 1.54) is 0 Å². The van der Waals surface area contributed by atoms with Gasteiger partial charge in [0.2, 0.25) is 0 Å². The zero-order chi connectivity index (χ0) is 13.8. The third-order valence-corrected chi connectivity index (χ3v) is 3.08. The number of hydrogen-bond donors (Lipinski definition) is 1. The van der Waals surface area contributed by atoms with Crippen LogP contribution in [-0.2, 0) is 0 Å². The molecule has 2 heterocycles. The lowest BCUT2D eigenvalue weighted by atomic mass is 10.1. The minimum atomic E-state index is 0.705. The molecule has 3 nitrogen and oxygen atoms in total. The number of halogens is 1. The predicted octanol–water partition coefficient (Wildman–Crippen LogP) is 4.54. The highest BCUT2D eigenvalue weighted by molar-refractivity contribution is 6.30. The van der Waals surface area contributed by atoms with Crippen molar-refractivity contribution < 1.29 is 0 Å². The molecule has 98 valence electrons. The van der Waals surface area contributed by atoms with Crippen molar-refractivity contribution in [1.82, 2.24) is 9.97 Å². The van der Waals surface area contributed by atoms with Crippen LogP contribution in [0.25, 0.3) is 11.3 Å². The number of benzene rings is 1. The van der Waals surface area contributed by atoms with Crippen molar-refractivity contribution in [2.45, 2.75) is 0 Å². The van der Waals surface area contributed by atoms with E-state index in [9.17, 15) is 0 Å². The minimum Gasteiger partial charge on any atom is -0.355 e. The largest absolute Gasteiger partial charge is 0.355 e. The van der Waals surface area contributed by atoms with Gasteiger partial charge < -0.3 is 5.32 Å². The maximum atomic E-state index is 6.01. The lowest BCUT2D eigenvalue weighted by Crippen LogP contribution is -1.92. The number of aromatic nitrogens is 2. The van der Waals surface area contributed by atoms with Crippen LogP contribution in [-0.4, -0.2) is 9.97 Å². The molecule has 0 bridgehead atoms. The van der Waals surface area contributed by atoms with E-state index in [4.69, 9.17) is 11.6 Å². The molecule has 0 atom stereocenters. The van der Waals surface area contributed by atoms with E-state index in [-0.39, 0.29) is 0 Å². The van der Waals surface area contributed by atoms with Gasteiger partial charge >= 0.3 is 0 Å². The maximum absolute atomic E-state index is 6.01. The quantitative estimate of drug-likeness (QED) is 0.766. The van der Waals surface area contributed by atoms with Crippen molar-refractivity contribution in [3.63, 3.8) is 0 Å². The van der Waals surface area contributed by atoms with Gasteiger partial charge in [-0.1, -0.05) is 23.7 Å². The molecule has 4 heteroatoms. The summed E-state index contributed by atoms with van der Waals surface area (Å²) < 4.78 is 0. The molecule has 2 aromatic heterocycles. The van der Waals surface area contributed by atoms with Crippen LogP contribution >= 0.6 is 11.6 Å². The molecule has 3 aromatic rings. The number of anilines is 2. The third-order valence-electron chi connectivity index (χ3n) is 2.85. The van der Waals surface area contributed by atoms with Crippen LogP contribution in [0, 0.1) is 0 Å². The first-order valence-corrected chi connectivity index (χ1v) is 6.58. The van der Waals surface area contributed by atoms with Gasteiger partial charge in [-0.25, -0.2) is 0 Å². The summed E-state index contributed by atoms with van der Waals surface area (Å²) in [5.74, 6) is 0. The summed E-state index contributed by atoms with van der Waals surface area (Å²) in [7, 11) is 0. The van der Waals surface area contributed by atoms with E-state index < -0.39 is 0 Å². The summed E-state index contributed by atoms with van der Waals surface area (Å²) in [6, 6.07) is 15.4. The summed E-state index contributed by atoms with van der Waals surface area (Å²) in [5, 5.41) is 4.02. The molecule has 0 amide bonds. The topological polar surface area (TPSA) is 37.8 Å². The Labute approximate surface area is 122 Å². The second-order valence-electron chi connectivity index (χ2n) is 4.30. The smallest absolute Gasteiger partial charge is 0.0723 e. The Bertz CT molecular complexity index is 714. The summed E-state index contributed by atoms with van der Waals surface area (Å²) >= 11 is 6.01. The lowest BCUT2D eigenvalue weighted by molar-refractivity contribution is 1.31. The molecule has 0 aliphatic heterocycles. The average molecular weight is 282 g/mol. The molecular weight excluding hydrogens is 270 g/mol. The minimum absolute atomic E-state index is 0.705. The Balaban J connectivity index is 1.90. The van der Waals surface area contributed by atoms with Gasteiger partial charge in [0.05, 0.1) is 5.69 Å². The second-order valence-corrected chi connectivity index (χ2v) is 4.74. The number of nitrogens with one attached hydrogen (secondary N) is 1. The Kier molecular flexibility index (Phi) is 3.61. The van der Waals surface area contributed by atoms with E-state index in [1.807, 2.05) is 48.5 Å². The molecule has 0 saturated heterocycles. The highest BCUT2D eigenvalue weighted by Crippen LogP contribution is 2.24. The molecule has 3 rings (SSSR count). The van der Waals surface area contributed by atoms with E-state index >= 15 is 0 Å². The summed E-state index contributed by atoms with van der Waals surface area (Å²) in [6.45, 7) is 0. The van der Waals surface area contributed by atoms with Crippen molar-refractivity contribution in [2.75, 3.05) is 5.32 Å². The van der Waals surface area contributed by atoms with E-state index in [2.05, 4.69) is 15.3 Å². The molecule has 0 aliphatic carbocycles. The summed E-state index contributed by atoms with van der Waals surface area (Å²) in [6.07, 6.45) is 5.28. The van der Waals surface area contributed by atoms with Gasteiger partial charge in [0.25, 0.3) is 0 Å².